The molecule has 0 saturated carbocycles. The predicted octanol–water partition coefficient (Wildman–Crippen LogP) is 5.51. The summed E-state index contributed by atoms with van der Waals surface area (Å²) in [5, 5.41) is 6.63. The van der Waals surface area contributed by atoms with Crippen molar-refractivity contribution in [2.45, 2.75) is 40.2 Å². The van der Waals surface area contributed by atoms with Crippen LogP contribution in [0.2, 0.25) is 0 Å². The molecule has 146 valence electrons. The molecular formula is C22H26N4OS. The molecule has 1 atom stereocenters. The fourth-order valence-corrected chi connectivity index (χ4v) is 5.04. The topological polar surface area (TPSA) is 53.9 Å². The van der Waals surface area contributed by atoms with Crippen LogP contribution < -0.4 is 4.90 Å². The largest absolute Gasteiger partial charge is 0.361 e. The molecule has 28 heavy (non-hydrogen) atoms. The van der Waals surface area contributed by atoms with E-state index in [0.717, 1.165) is 43.8 Å². The van der Waals surface area contributed by atoms with Gasteiger partial charge in [-0.3, -0.25) is 9.48 Å². The van der Waals surface area contributed by atoms with Crippen LogP contribution in [0.25, 0.3) is 21.1 Å². The number of anilines is 1. The zero-order chi connectivity index (χ0) is 20.0. The van der Waals surface area contributed by atoms with Gasteiger partial charge in [0.25, 0.3) is 5.91 Å². The lowest BCUT2D eigenvalue weighted by molar-refractivity contribution is 0.0980. The van der Waals surface area contributed by atoms with Crippen LogP contribution in [0.5, 0.6) is 0 Å². The van der Waals surface area contributed by atoms with Crippen molar-refractivity contribution < 1.29 is 4.79 Å². The van der Waals surface area contributed by atoms with E-state index in [0.29, 0.717) is 5.92 Å². The van der Waals surface area contributed by atoms with Crippen LogP contribution in [-0.4, -0.2) is 26.7 Å². The van der Waals surface area contributed by atoms with Crippen molar-refractivity contribution in [1.29, 1.82) is 0 Å². The lowest BCUT2D eigenvalue weighted by atomic mass is 10.0. The third kappa shape index (κ3) is 3.22. The molecule has 4 aromatic rings. The number of rotatable bonds is 5. The second-order valence-electron chi connectivity index (χ2n) is 7.94. The fourth-order valence-electron chi connectivity index (χ4n) is 3.98. The van der Waals surface area contributed by atoms with Crippen LogP contribution in [0.1, 0.15) is 42.6 Å². The second-order valence-corrected chi connectivity index (χ2v) is 8.97. The van der Waals surface area contributed by atoms with Gasteiger partial charge in [-0.1, -0.05) is 13.8 Å². The Morgan fingerprint density at radius 2 is 2.04 bits per heavy atom. The van der Waals surface area contributed by atoms with Crippen LogP contribution in [0.4, 0.5) is 5.69 Å². The van der Waals surface area contributed by atoms with Gasteiger partial charge >= 0.3 is 0 Å². The van der Waals surface area contributed by atoms with Crippen LogP contribution in [-0.2, 0) is 7.05 Å². The number of aryl methyl sites for hydroxylation is 2. The summed E-state index contributed by atoms with van der Waals surface area (Å²) in [6, 6.07) is 10.3. The smallest absolute Gasteiger partial charge is 0.268 e. The third-order valence-electron chi connectivity index (χ3n) is 5.19. The first-order valence-electron chi connectivity index (χ1n) is 9.69. The molecule has 1 aromatic carbocycles. The zero-order valence-electron chi connectivity index (χ0n) is 17.0. The summed E-state index contributed by atoms with van der Waals surface area (Å²) < 4.78 is 1.86. The molecule has 4 rings (SSSR count). The number of hydrogen-bond donors (Lipinski definition) is 1. The Hall–Kier alpha value is -2.60. The number of H-pyrrole nitrogens is 1. The molecule has 0 aliphatic heterocycles. The zero-order valence-corrected chi connectivity index (χ0v) is 17.8. The van der Waals surface area contributed by atoms with E-state index in [1.807, 2.05) is 54.0 Å². The van der Waals surface area contributed by atoms with Gasteiger partial charge in [0.05, 0.1) is 10.6 Å². The predicted molar refractivity (Wildman–Crippen MR) is 117 cm³/mol. The lowest BCUT2D eigenvalue weighted by Gasteiger charge is -2.30. The van der Waals surface area contributed by atoms with Gasteiger partial charge in [-0.15, -0.1) is 11.3 Å². The Morgan fingerprint density at radius 1 is 1.25 bits per heavy atom. The molecule has 6 heteroatoms. The van der Waals surface area contributed by atoms with E-state index in [1.54, 1.807) is 0 Å². The minimum absolute atomic E-state index is 0.0589. The Bertz CT molecular complexity index is 1120. The van der Waals surface area contributed by atoms with E-state index in [1.165, 1.54) is 11.3 Å². The van der Waals surface area contributed by atoms with Crippen molar-refractivity contribution in [3.8, 4) is 0 Å². The summed E-state index contributed by atoms with van der Waals surface area (Å²) in [7, 11) is 1.93. The summed E-state index contributed by atoms with van der Waals surface area (Å²) in [6.07, 6.45) is 2.88. The Labute approximate surface area is 169 Å². The third-order valence-corrected chi connectivity index (χ3v) is 6.38. The SMILES string of the molecule is Cc1nn(C)c2sc(C(=O)N(c3ccc4[nH]ccc4c3)[C@H](C)CC(C)C)cc12. The van der Waals surface area contributed by atoms with Crippen molar-refractivity contribution in [2.24, 2.45) is 13.0 Å². The second kappa shape index (κ2) is 7.09. The van der Waals surface area contributed by atoms with Gasteiger partial charge in [0.2, 0.25) is 0 Å². The number of amides is 1. The monoisotopic (exact) mass is 394 g/mol. The summed E-state index contributed by atoms with van der Waals surface area (Å²) >= 11 is 1.52. The first-order valence-corrected chi connectivity index (χ1v) is 10.5. The Balaban J connectivity index is 1.78. The van der Waals surface area contributed by atoms with E-state index in [4.69, 9.17) is 0 Å². The van der Waals surface area contributed by atoms with Crippen LogP contribution in [0.3, 0.4) is 0 Å². The first kappa shape index (κ1) is 18.7. The van der Waals surface area contributed by atoms with E-state index >= 15 is 0 Å². The highest BCUT2D eigenvalue weighted by Crippen LogP contribution is 2.32. The summed E-state index contributed by atoms with van der Waals surface area (Å²) in [5.41, 5.74) is 2.98. The molecule has 0 aliphatic rings. The molecule has 0 saturated heterocycles. The van der Waals surface area contributed by atoms with Gasteiger partial charge in [0.1, 0.15) is 4.83 Å². The van der Waals surface area contributed by atoms with E-state index in [-0.39, 0.29) is 11.9 Å². The molecule has 0 fully saturated rings. The highest BCUT2D eigenvalue weighted by atomic mass is 32.1. The molecule has 3 heterocycles. The number of thiophene rings is 1. The first-order chi connectivity index (χ1) is 13.3. The normalized spacial score (nSPS) is 12.9. The molecule has 0 bridgehead atoms. The maximum Gasteiger partial charge on any atom is 0.268 e. The minimum Gasteiger partial charge on any atom is -0.361 e. The number of aromatic nitrogens is 3. The molecule has 0 radical (unpaired) electrons. The van der Waals surface area contributed by atoms with Crippen molar-refractivity contribution in [3.63, 3.8) is 0 Å². The molecule has 1 N–H and O–H groups in total. The van der Waals surface area contributed by atoms with E-state index in [2.05, 4.69) is 36.9 Å². The van der Waals surface area contributed by atoms with Crippen LogP contribution in [0, 0.1) is 12.8 Å². The van der Waals surface area contributed by atoms with Crippen LogP contribution in [0.15, 0.2) is 36.5 Å². The molecule has 0 unspecified atom stereocenters. The van der Waals surface area contributed by atoms with Crippen molar-refractivity contribution >= 4 is 44.1 Å². The van der Waals surface area contributed by atoms with Gasteiger partial charge in [0.15, 0.2) is 0 Å². The summed E-state index contributed by atoms with van der Waals surface area (Å²) in [5.74, 6) is 0.568. The lowest BCUT2D eigenvalue weighted by Crippen LogP contribution is -2.39. The minimum atomic E-state index is 0.0589. The Morgan fingerprint density at radius 3 is 2.75 bits per heavy atom. The number of nitrogens with zero attached hydrogens (tertiary/aromatic N) is 3. The molecule has 3 aromatic heterocycles. The van der Waals surface area contributed by atoms with Gasteiger partial charge in [-0.25, -0.2) is 0 Å². The quantitative estimate of drug-likeness (QED) is 0.485. The van der Waals surface area contributed by atoms with E-state index in [9.17, 15) is 4.79 Å². The number of benzene rings is 1. The Kier molecular flexibility index (Phi) is 4.75. The highest BCUT2D eigenvalue weighted by Gasteiger charge is 2.26. The summed E-state index contributed by atoms with van der Waals surface area (Å²) in [6.45, 7) is 8.52. The van der Waals surface area contributed by atoms with Gasteiger partial charge in [-0.05, 0) is 56.5 Å². The number of aromatic amines is 1. The molecule has 0 aliphatic carbocycles. The number of nitrogens with one attached hydrogen (secondary N) is 1. The van der Waals surface area contributed by atoms with Gasteiger partial charge < -0.3 is 9.88 Å². The number of carbonyl (C=O) groups excluding carboxylic acids is 1. The number of carbonyl (C=O) groups is 1. The van der Waals surface area contributed by atoms with Gasteiger partial charge in [0, 0.05) is 41.3 Å². The van der Waals surface area contributed by atoms with E-state index < -0.39 is 0 Å². The average molecular weight is 395 g/mol. The van der Waals surface area contributed by atoms with Crippen molar-refractivity contribution in [3.05, 3.63) is 47.1 Å². The highest BCUT2D eigenvalue weighted by molar-refractivity contribution is 7.20. The maximum atomic E-state index is 13.6. The number of fused-ring (bicyclic) bond motifs is 2. The number of hydrogen-bond acceptors (Lipinski definition) is 3. The average Bonchev–Trinajstić information content (AvgIpc) is 3.32. The molecule has 1 amide bonds. The van der Waals surface area contributed by atoms with Crippen molar-refractivity contribution in [2.75, 3.05) is 4.90 Å². The standard InChI is InChI=1S/C22H26N4OS/c1-13(2)10-14(3)26(17-6-7-19-16(11-17)8-9-23-19)21(27)20-12-18-15(4)24-25(5)22(18)28-20/h6-9,11-14,23H,10H2,1-5H3/t14-/m1/s1. The molecular weight excluding hydrogens is 368 g/mol. The maximum absolute atomic E-state index is 13.6. The summed E-state index contributed by atoms with van der Waals surface area (Å²) in [4.78, 5) is 20.6. The fraction of sp³-hybridized carbons (Fsp3) is 0.364. The van der Waals surface area contributed by atoms with Crippen molar-refractivity contribution in [1.82, 2.24) is 14.8 Å². The van der Waals surface area contributed by atoms with Gasteiger partial charge in [-0.2, -0.15) is 5.10 Å². The molecule has 5 nitrogen and oxygen atoms in total. The molecule has 0 spiro atoms. The van der Waals surface area contributed by atoms with Crippen LogP contribution >= 0.6 is 11.3 Å².